The molecule has 0 saturated carbocycles. The van der Waals surface area contributed by atoms with Gasteiger partial charge in [0.25, 0.3) is 10.0 Å². The number of carbonyl (C=O) groups excluding carboxylic acids is 2. The van der Waals surface area contributed by atoms with Gasteiger partial charge >= 0.3 is 0 Å². The van der Waals surface area contributed by atoms with E-state index >= 15 is 0 Å². The molecule has 28 heavy (non-hydrogen) atoms. The molecule has 1 N–H and O–H groups in total. The summed E-state index contributed by atoms with van der Waals surface area (Å²) in [6.07, 6.45) is 1.15. The van der Waals surface area contributed by atoms with E-state index in [4.69, 9.17) is 11.6 Å². The third-order valence-corrected chi connectivity index (χ3v) is 5.28. The van der Waals surface area contributed by atoms with Gasteiger partial charge in [-0.15, -0.1) is 4.40 Å². The summed E-state index contributed by atoms with van der Waals surface area (Å²) in [5.74, 6) is -0.795. The van der Waals surface area contributed by atoms with Crippen LogP contribution in [0, 0.1) is 0 Å². The number of anilines is 1. The Kier molecular flexibility index (Phi) is 6.93. The van der Waals surface area contributed by atoms with E-state index in [1.165, 1.54) is 30.0 Å². The van der Waals surface area contributed by atoms with Gasteiger partial charge in [-0.05, 0) is 36.8 Å². The zero-order valence-corrected chi connectivity index (χ0v) is 17.2. The fourth-order valence-corrected chi connectivity index (χ4v) is 3.73. The molecule has 0 radical (unpaired) electrons. The van der Waals surface area contributed by atoms with E-state index in [2.05, 4.69) is 9.71 Å². The summed E-state index contributed by atoms with van der Waals surface area (Å²) in [5.41, 5.74) is 0.881. The maximum atomic E-state index is 12.5. The summed E-state index contributed by atoms with van der Waals surface area (Å²) in [6.45, 7) is 1.26. The highest BCUT2D eigenvalue weighted by molar-refractivity contribution is 7.90. The van der Waals surface area contributed by atoms with E-state index < -0.39 is 15.8 Å². The number of ketones is 1. The van der Waals surface area contributed by atoms with Crippen LogP contribution in [0.2, 0.25) is 5.02 Å². The Bertz CT molecular complexity index is 1030. The first-order valence-corrected chi connectivity index (χ1v) is 10.1. The minimum absolute atomic E-state index is 0.00000826. The third kappa shape index (κ3) is 5.64. The minimum Gasteiger partial charge on any atom is -0.368 e. The normalized spacial score (nSPS) is 11.4. The van der Waals surface area contributed by atoms with Crippen molar-refractivity contribution < 1.29 is 18.0 Å². The van der Waals surface area contributed by atoms with Gasteiger partial charge < -0.3 is 10.2 Å². The number of hydrogen-bond donors (Lipinski definition) is 1. The van der Waals surface area contributed by atoms with Crippen LogP contribution in [-0.4, -0.2) is 45.4 Å². The van der Waals surface area contributed by atoms with Crippen molar-refractivity contribution in [1.82, 2.24) is 4.90 Å². The molecule has 148 valence electrons. The molecule has 7 nitrogen and oxygen atoms in total. The standard InChI is InChI=1S/C19H20ClN3O4S/c1-13(24)16-9-8-15(11-18(16)28(26,27)21-12-23(2)3)22-19(25)10-14-6-4-5-7-17(14)20/h4-9,11-12H,10H2,1-3H3,(H,22,25)/b21-12+. The Balaban J connectivity index is 2.33. The molecule has 0 aromatic heterocycles. The molecule has 9 heteroatoms. The van der Waals surface area contributed by atoms with Crippen molar-refractivity contribution in [1.29, 1.82) is 0 Å². The number of rotatable bonds is 7. The lowest BCUT2D eigenvalue weighted by Crippen LogP contribution is -2.16. The monoisotopic (exact) mass is 421 g/mol. The van der Waals surface area contributed by atoms with E-state index in [1.54, 1.807) is 38.4 Å². The SMILES string of the molecule is CC(=O)c1ccc(NC(=O)Cc2ccccc2Cl)cc1S(=O)(=O)/N=C/N(C)C. The molecule has 2 aromatic carbocycles. The number of Topliss-reactive ketones (excluding diaryl/α,β-unsaturated/α-hetero) is 1. The Hall–Kier alpha value is -2.71. The van der Waals surface area contributed by atoms with Crippen LogP contribution in [-0.2, 0) is 21.2 Å². The first-order chi connectivity index (χ1) is 13.1. The van der Waals surface area contributed by atoms with Crippen LogP contribution in [0.3, 0.4) is 0 Å². The fourth-order valence-electron chi connectivity index (χ4n) is 2.34. The summed E-state index contributed by atoms with van der Waals surface area (Å²) in [4.78, 5) is 25.3. The Morgan fingerprint density at radius 2 is 1.86 bits per heavy atom. The van der Waals surface area contributed by atoms with Gasteiger partial charge in [-0.25, -0.2) is 0 Å². The van der Waals surface area contributed by atoms with E-state index in [0.717, 1.165) is 6.34 Å². The van der Waals surface area contributed by atoms with Crippen molar-refractivity contribution >= 4 is 45.3 Å². The summed E-state index contributed by atoms with van der Waals surface area (Å²) in [7, 11) is -0.878. The van der Waals surface area contributed by atoms with Crippen molar-refractivity contribution in [2.24, 2.45) is 4.40 Å². The largest absolute Gasteiger partial charge is 0.368 e. The maximum absolute atomic E-state index is 12.5. The number of amides is 1. The van der Waals surface area contributed by atoms with E-state index in [0.29, 0.717) is 10.6 Å². The van der Waals surface area contributed by atoms with Crippen LogP contribution in [0.25, 0.3) is 0 Å². The van der Waals surface area contributed by atoms with Crippen LogP contribution >= 0.6 is 11.6 Å². The Morgan fingerprint density at radius 3 is 2.46 bits per heavy atom. The topological polar surface area (TPSA) is 95.9 Å². The molecule has 2 aromatic rings. The molecule has 2 rings (SSSR count). The van der Waals surface area contributed by atoms with E-state index in [1.807, 2.05) is 0 Å². The third-order valence-electron chi connectivity index (χ3n) is 3.65. The zero-order valence-electron chi connectivity index (χ0n) is 15.6. The number of hydrogen-bond acceptors (Lipinski definition) is 4. The van der Waals surface area contributed by atoms with Gasteiger partial charge in [-0.1, -0.05) is 29.8 Å². The summed E-state index contributed by atoms with van der Waals surface area (Å²) in [6, 6.07) is 11.0. The average molecular weight is 422 g/mol. The maximum Gasteiger partial charge on any atom is 0.284 e. The fraction of sp³-hybridized carbons (Fsp3) is 0.211. The van der Waals surface area contributed by atoms with Gasteiger partial charge in [-0.2, -0.15) is 8.42 Å². The van der Waals surface area contributed by atoms with Gasteiger partial charge in [0.2, 0.25) is 5.91 Å². The summed E-state index contributed by atoms with van der Waals surface area (Å²) < 4.78 is 28.6. The van der Waals surface area contributed by atoms with Crippen molar-refractivity contribution in [2.45, 2.75) is 18.2 Å². The second kappa shape index (κ2) is 8.99. The molecule has 0 heterocycles. The zero-order chi connectivity index (χ0) is 20.9. The molecule has 0 fully saturated rings. The van der Waals surface area contributed by atoms with Crippen LogP contribution in [0.15, 0.2) is 51.8 Å². The van der Waals surface area contributed by atoms with Crippen molar-refractivity contribution in [2.75, 3.05) is 19.4 Å². The lowest BCUT2D eigenvalue weighted by atomic mass is 10.1. The molecule has 0 aliphatic carbocycles. The molecule has 0 atom stereocenters. The number of carbonyl (C=O) groups is 2. The van der Waals surface area contributed by atoms with Gasteiger partial charge in [0.15, 0.2) is 5.78 Å². The van der Waals surface area contributed by atoms with Crippen molar-refractivity contribution in [3.63, 3.8) is 0 Å². The Labute approximate surface area is 169 Å². The first-order valence-electron chi connectivity index (χ1n) is 8.25. The lowest BCUT2D eigenvalue weighted by molar-refractivity contribution is -0.115. The summed E-state index contributed by atoms with van der Waals surface area (Å²) in [5, 5.41) is 3.09. The molecule has 0 bridgehead atoms. The second-order valence-electron chi connectivity index (χ2n) is 6.24. The highest BCUT2D eigenvalue weighted by atomic mass is 35.5. The van der Waals surface area contributed by atoms with E-state index in [9.17, 15) is 18.0 Å². The molecular formula is C19H20ClN3O4S. The number of halogens is 1. The molecule has 0 spiro atoms. The van der Waals surface area contributed by atoms with Gasteiger partial charge in [0.1, 0.15) is 11.2 Å². The van der Waals surface area contributed by atoms with Crippen LogP contribution in [0.4, 0.5) is 5.69 Å². The lowest BCUT2D eigenvalue weighted by Gasteiger charge is -2.11. The second-order valence-corrected chi connectivity index (χ2v) is 8.25. The highest BCUT2D eigenvalue weighted by Crippen LogP contribution is 2.24. The van der Waals surface area contributed by atoms with Crippen LogP contribution < -0.4 is 5.32 Å². The smallest absolute Gasteiger partial charge is 0.284 e. The number of benzene rings is 2. The molecule has 0 saturated heterocycles. The molecule has 1 amide bonds. The Morgan fingerprint density at radius 1 is 1.18 bits per heavy atom. The number of sulfonamides is 1. The summed E-state index contributed by atoms with van der Waals surface area (Å²) >= 11 is 6.06. The van der Waals surface area contributed by atoms with Gasteiger partial charge in [-0.3, -0.25) is 9.59 Å². The van der Waals surface area contributed by atoms with Crippen LogP contribution in [0.5, 0.6) is 0 Å². The molecule has 0 aliphatic heterocycles. The molecular weight excluding hydrogens is 402 g/mol. The highest BCUT2D eigenvalue weighted by Gasteiger charge is 2.21. The predicted molar refractivity (Wildman–Crippen MR) is 110 cm³/mol. The molecule has 0 aliphatic rings. The predicted octanol–water partition coefficient (Wildman–Crippen LogP) is 3.00. The first kappa shape index (κ1) is 21.6. The van der Waals surface area contributed by atoms with Crippen molar-refractivity contribution in [3.05, 3.63) is 58.6 Å². The van der Waals surface area contributed by atoms with Gasteiger partial charge in [0, 0.05) is 30.4 Å². The number of nitrogens with one attached hydrogen (secondary N) is 1. The molecule has 0 unspecified atom stereocenters. The van der Waals surface area contributed by atoms with E-state index in [-0.39, 0.29) is 28.5 Å². The minimum atomic E-state index is -4.12. The number of nitrogens with zero attached hydrogens (tertiary/aromatic N) is 2. The van der Waals surface area contributed by atoms with Gasteiger partial charge in [0.05, 0.1) is 6.42 Å². The van der Waals surface area contributed by atoms with Crippen LogP contribution in [0.1, 0.15) is 22.8 Å². The van der Waals surface area contributed by atoms with Crippen molar-refractivity contribution in [3.8, 4) is 0 Å². The average Bonchev–Trinajstić information content (AvgIpc) is 2.62. The quantitative estimate of drug-likeness (QED) is 0.421.